The minimum absolute atomic E-state index is 0.672. The van der Waals surface area contributed by atoms with Crippen LogP contribution in [0.5, 0.6) is 0 Å². The minimum atomic E-state index is -0.718. The Morgan fingerprint density at radius 2 is 2.06 bits per heavy atom. The minimum Gasteiger partial charge on any atom is -0.369 e. The fourth-order valence-electron chi connectivity index (χ4n) is 1.60. The molecule has 17 heavy (non-hydrogen) atoms. The number of nitrogens with one attached hydrogen (secondary N) is 1. The highest BCUT2D eigenvalue weighted by Gasteiger charge is 1.98. The van der Waals surface area contributed by atoms with E-state index in [1.54, 1.807) is 0 Å². The van der Waals surface area contributed by atoms with Crippen molar-refractivity contribution in [1.82, 2.24) is 4.98 Å². The summed E-state index contributed by atoms with van der Waals surface area (Å²) >= 11 is 0. The first kappa shape index (κ1) is 12.0. The first-order chi connectivity index (χ1) is 8.29. The molecule has 0 aliphatic rings. The van der Waals surface area contributed by atoms with E-state index in [1.807, 2.05) is 43.3 Å². The van der Waals surface area contributed by atoms with Crippen LogP contribution < -0.4 is 5.32 Å². The van der Waals surface area contributed by atoms with Gasteiger partial charge in [0.1, 0.15) is 5.82 Å². The molecule has 1 unspecified atom stereocenters. The second-order valence-electron chi connectivity index (χ2n) is 3.75. The monoisotopic (exact) mass is 248 g/mol. The summed E-state index contributed by atoms with van der Waals surface area (Å²) < 4.78 is 11.3. The molecule has 0 radical (unpaired) electrons. The Morgan fingerprint density at radius 3 is 2.88 bits per heavy atom. The SMILES string of the molecule is CCS(=O)CCNc1ccc2ccccc2n1. The van der Waals surface area contributed by atoms with Crippen LogP contribution in [-0.2, 0) is 10.8 Å². The van der Waals surface area contributed by atoms with Crippen molar-refractivity contribution < 1.29 is 4.21 Å². The third kappa shape index (κ3) is 3.27. The Balaban J connectivity index is 2.02. The van der Waals surface area contributed by atoms with Crippen LogP contribution in [0.25, 0.3) is 10.9 Å². The van der Waals surface area contributed by atoms with Crippen LogP contribution in [0.3, 0.4) is 0 Å². The number of anilines is 1. The van der Waals surface area contributed by atoms with E-state index in [4.69, 9.17) is 0 Å². The van der Waals surface area contributed by atoms with Gasteiger partial charge in [0.2, 0.25) is 0 Å². The Labute approximate surface area is 104 Å². The lowest BCUT2D eigenvalue weighted by Crippen LogP contribution is -2.12. The molecular weight excluding hydrogens is 232 g/mol. The first-order valence-electron chi connectivity index (χ1n) is 5.74. The molecule has 0 spiro atoms. The van der Waals surface area contributed by atoms with E-state index in [0.717, 1.165) is 16.7 Å². The Morgan fingerprint density at radius 1 is 1.24 bits per heavy atom. The van der Waals surface area contributed by atoms with Crippen molar-refractivity contribution >= 4 is 27.5 Å². The van der Waals surface area contributed by atoms with Gasteiger partial charge < -0.3 is 5.32 Å². The number of nitrogens with zero attached hydrogens (tertiary/aromatic N) is 1. The third-order valence-electron chi connectivity index (χ3n) is 2.56. The molecule has 1 aromatic carbocycles. The first-order valence-corrected chi connectivity index (χ1v) is 7.23. The molecule has 0 aliphatic carbocycles. The molecule has 0 bridgehead atoms. The molecule has 0 saturated heterocycles. The van der Waals surface area contributed by atoms with Crippen LogP contribution >= 0.6 is 0 Å². The summed E-state index contributed by atoms with van der Waals surface area (Å²) in [6, 6.07) is 12.0. The Kier molecular flexibility index (Phi) is 4.09. The molecule has 0 fully saturated rings. The van der Waals surface area contributed by atoms with Gasteiger partial charge in [0.05, 0.1) is 5.52 Å². The van der Waals surface area contributed by atoms with Crippen molar-refractivity contribution in [2.75, 3.05) is 23.4 Å². The highest BCUT2D eigenvalue weighted by Crippen LogP contribution is 2.14. The van der Waals surface area contributed by atoms with Crippen molar-refractivity contribution in [3.8, 4) is 0 Å². The number of para-hydroxylation sites is 1. The van der Waals surface area contributed by atoms with E-state index in [-0.39, 0.29) is 0 Å². The molecular formula is C13H16N2OS. The van der Waals surface area contributed by atoms with Crippen molar-refractivity contribution in [3.05, 3.63) is 36.4 Å². The largest absolute Gasteiger partial charge is 0.369 e. The predicted molar refractivity (Wildman–Crippen MR) is 73.8 cm³/mol. The van der Waals surface area contributed by atoms with Crippen LogP contribution in [0, 0.1) is 0 Å². The molecule has 1 N–H and O–H groups in total. The maximum atomic E-state index is 11.3. The average Bonchev–Trinajstić information content (AvgIpc) is 2.38. The molecule has 2 aromatic rings. The summed E-state index contributed by atoms with van der Waals surface area (Å²) in [6.07, 6.45) is 0. The van der Waals surface area contributed by atoms with Crippen molar-refractivity contribution in [2.45, 2.75) is 6.92 Å². The number of hydrogen-bond acceptors (Lipinski definition) is 3. The number of aromatic nitrogens is 1. The van der Waals surface area contributed by atoms with Gasteiger partial charge in [0.25, 0.3) is 0 Å². The lowest BCUT2D eigenvalue weighted by atomic mass is 10.2. The zero-order chi connectivity index (χ0) is 12.1. The van der Waals surface area contributed by atoms with Gasteiger partial charge >= 0.3 is 0 Å². The molecule has 1 atom stereocenters. The summed E-state index contributed by atoms with van der Waals surface area (Å²) in [6.45, 7) is 2.64. The number of benzene rings is 1. The zero-order valence-corrected chi connectivity index (χ0v) is 10.7. The maximum absolute atomic E-state index is 11.3. The van der Waals surface area contributed by atoms with Gasteiger partial charge in [0.15, 0.2) is 0 Å². The lowest BCUT2D eigenvalue weighted by Gasteiger charge is -2.06. The molecule has 0 saturated carbocycles. The average molecular weight is 248 g/mol. The molecule has 4 heteroatoms. The second kappa shape index (κ2) is 5.77. The number of hydrogen-bond donors (Lipinski definition) is 1. The van der Waals surface area contributed by atoms with Gasteiger partial charge in [-0.3, -0.25) is 4.21 Å². The highest BCUT2D eigenvalue weighted by atomic mass is 32.2. The zero-order valence-electron chi connectivity index (χ0n) is 9.85. The topological polar surface area (TPSA) is 42.0 Å². The fourth-order valence-corrected chi connectivity index (χ4v) is 2.22. The van der Waals surface area contributed by atoms with E-state index in [9.17, 15) is 4.21 Å². The quantitative estimate of drug-likeness (QED) is 0.883. The number of pyridine rings is 1. The highest BCUT2D eigenvalue weighted by molar-refractivity contribution is 7.84. The Bertz CT molecular complexity index is 528. The molecule has 0 amide bonds. The number of fused-ring (bicyclic) bond motifs is 1. The summed E-state index contributed by atoms with van der Waals surface area (Å²) in [5, 5.41) is 4.33. The van der Waals surface area contributed by atoms with Crippen LogP contribution in [0.2, 0.25) is 0 Å². The van der Waals surface area contributed by atoms with Crippen molar-refractivity contribution in [3.63, 3.8) is 0 Å². The standard InChI is InChI=1S/C13H16N2OS/c1-2-17(16)10-9-14-13-8-7-11-5-3-4-6-12(11)15-13/h3-8H,2,9-10H2,1H3,(H,14,15). The van der Waals surface area contributed by atoms with Crippen LogP contribution in [0.15, 0.2) is 36.4 Å². The summed E-state index contributed by atoms with van der Waals surface area (Å²) in [5.41, 5.74) is 0.981. The molecule has 1 aromatic heterocycles. The summed E-state index contributed by atoms with van der Waals surface area (Å²) in [7, 11) is -0.718. The van der Waals surface area contributed by atoms with Gasteiger partial charge in [0, 0.05) is 34.2 Å². The van der Waals surface area contributed by atoms with Gasteiger partial charge in [-0.25, -0.2) is 4.98 Å². The molecule has 90 valence electrons. The summed E-state index contributed by atoms with van der Waals surface area (Å²) in [4.78, 5) is 4.49. The van der Waals surface area contributed by atoms with E-state index < -0.39 is 10.8 Å². The van der Waals surface area contributed by atoms with Crippen LogP contribution in [0.4, 0.5) is 5.82 Å². The van der Waals surface area contributed by atoms with Crippen molar-refractivity contribution in [2.24, 2.45) is 0 Å². The second-order valence-corrected chi connectivity index (χ2v) is 5.61. The summed E-state index contributed by atoms with van der Waals surface area (Å²) in [5.74, 6) is 2.23. The van der Waals surface area contributed by atoms with E-state index in [1.165, 1.54) is 0 Å². The van der Waals surface area contributed by atoms with Gasteiger partial charge in [-0.1, -0.05) is 25.1 Å². The molecule has 2 rings (SSSR count). The molecule has 0 aliphatic heterocycles. The van der Waals surface area contributed by atoms with Crippen LogP contribution in [-0.4, -0.2) is 27.2 Å². The van der Waals surface area contributed by atoms with Crippen LogP contribution in [0.1, 0.15) is 6.92 Å². The van der Waals surface area contributed by atoms with E-state index >= 15 is 0 Å². The molecule has 3 nitrogen and oxygen atoms in total. The van der Waals surface area contributed by atoms with Crippen molar-refractivity contribution in [1.29, 1.82) is 0 Å². The van der Waals surface area contributed by atoms with E-state index in [0.29, 0.717) is 18.1 Å². The predicted octanol–water partition coefficient (Wildman–Crippen LogP) is 2.42. The smallest absolute Gasteiger partial charge is 0.126 e. The lowest BCUT2D eigenvalue weighted by molar-refractivity contribution is 0.684. The normalized spacial score (nSPS) is 12.5. The Hall–Kier alpha value is -1.42. The van der Waals surface area contributed by atoms with Gasteiger partial charge in [-0.15, -0.1) is 0 Å². The maximum Gasteiger partial charge on any atom is 0.126 e. The number of rotatable bonds is 5. The fraction of sp³-hybridized carbons (Fsp3) is 0.308. The molecule has 1 heterocycles. The van der Waals surface area contributed by atoms with E-state index in [2.05, 4.69) is 10.3 Å². The van der Waals surface area contributed by atoms with Gasteiger partial charge in [-0.2, -0.15) is 0 Å². The third-order valence-corrected chi connectivity index (χ3v) is 3.86. The van der Waals surface area contributed by atoms with Gasteiger partial charge in [-0.05, 0) is 18.2 Å².